The SMILES string of the molecule is COc1ccc2c(c1)NC(=O)c1cc(Cl)c(O)cc1N2. The van der Waals surface area contributed by atoms with Crippen molar-refractivity contribution in [2.75, 3.05) is 17.7 Å². The number of amides is 1. The largest absolute Gasteiger partial charge is 0.506 e. The number of carbonyl (C=O) groups is 1. The third-order valence-corrected chi connectivity index (χ3v) is 3.38. The molecule has 0 unspecified atom stereocenters. The summed E-state index contributed by atoms with van der Waals surface area (Å²) in [6.07, 6.45) is 0. The summed E-state index contributed by atoms with van der Waals surface area (Å²) in [5.74, 6) is 0.252. The van der Waals surface area contributed by atoms with Crippen LogP contribution in [0.2, 0.25) is 5.02 Å². The predicted octanol–water partition coefficient (Wildman–Crippen LogP) is 3.36. The summed E-state index contributed by atoms with van der Waals surface area (Å²) in [6.45, 7) is 0. The number of benzene rings is 2. The first-order chi connectivity index (χ1) is 9.58. The Morgan fingerprint density at radius 2 is 1.90 bits per heavy atom. The summed E-state index contributed by atoms with van der Waals surface area (Å²) in [6, 6.07) is 8.13. The van der Waals surface area contributed by atoms with Gasteiger partial charge in [-0.2, -0.15) is 0 Å². The van der Waals surface area contributed by atoms with E-state index in [1.165, 1.54) is 12.1 Å². The fraction of sp³-hybridized carbons (Fsp3) is 0.0714. The molecular formula is C14H11ClN2O3. The smallest absolute Gasteiger partial charge is 0.257 e. The summed E-state index contributed by atoms with van der Waals surface area (Å²) in [4.78, 5) is 12.2. The lowest BCUT2D eigenvalue weighted by Gasteiger charge is -2.10. The van der Waals surface area contributed by atoms with E-state index in [0.29, 0.717) is 28.4 Å². The molecule has 0 aromatic heterocycles. The zero-order valence-electron chi connectivity index (χ0n) is 10.5. The number of phenolic OH excluding ortho intramolecular Hbond substituents is 1. The molecule has 0 saturated carbocycles. The minimum absolute atomic E-state index is 0.0809. The van der Waals surface area contributed by atoms with Crippen molar-refractivity contribution in [3.8, 4) is 11.5 Å². The monoisotopic (exact) mass is 290 g/mol. The number of rotatable bonds is 1. The van der Waals surface area contributed by atoms with Crippen molar-refractivity contribution in [3.63, 3.8) is 0 Å². The van der Waals surface area contributed by atoms with Gasteiger partial charge in [0.2, 0.25) is 0 Å². The minimum atomic E-state index is -0.304. The normalized spacial score (nSPS) is 12.6. The zero-order valence-corrected chi connectivity index (χ0v) is 11.3. The summed E-state index contributed by atoms with van der Waals surface area (Å²) in [7, 11) is 1.56. The highest BCUT2D eigenvalue weighted by atomic mass is 35.5. The first-order valence-corrected chi connectivity index (χ1v) is 6.25. The maximum absolute atomic E-state index is 12.2. The van der Waals surface area contributed by atoms with Crippen LogP contribution in [0.4, 0.5) is 17.1 Å². The second kappa shape index (κ2) is 4.61. The molecule has 3 rings (SSSR count). The highest BCUT2D eigenvalue weighted by Gasteiger charge is 2.21. The number of aromatic hydroxyl groups is 1. The van der Waals surface area contributed by atoms with Crippen molar-refractivity contribution in [3.05, 3.63) is 40.9 Å². The first kappa shape index (κ1) is 12.6. The summed E-state index contributed by atoms with van der Waals surface area (Å²) in [5.41, 5.74) is 2.16. The molecule has 0 fully saturated rings. The third kappa shape index (κ3) is 2.02. The maximum Gasteiger partial charge on any atom is 0.257 e. The van der Waals surface area contributed by atoms with E-state index < -0.39 is 0 Å². The Morgan fingerprint density at radius 1 is 1.10 bits per heavy atom. The molecule has 2 aromatic rings. The van der Waals surface area contributed by atoms with Gasteiger partial charge >= 0.3 is 0 Å². The van der Waals surface area contributed by atoms with Crippen LogP contribution in [0, 0.1) is 0 Å². The Kier molecular flexibility index (Phi) is 2.91. The first-order valence-electron chi connectivity index (χ1n) is 5.87. The highest BCUT2D eigenvalue weighted by Crippen LogP contribution is 2.38. The van der Waals surface area contributed by atoms with E-state index in [4.69, 9.17) is 16.3 Å². The fourth-order valence-corrected chi connectivity index (χ4v) is 2.21. The van der Waals surface area contributed by atoms with Crippen LogP contribution in [-0.4, -0.2) is 18.1 Å². The number of phenols is 1. The topological polar surface area (TPSA) is 70.6 Å². The molecule has 5 nitrogen and oxygen atoms in total. The Bertz CT molecular complexity index is 716. The van der Waals surface area contributed by atoms with Gasteiger partial charge in [-0.15, -0.1) is 0 Å². The van der Waals surface area contributed by atoms with Crippen LogP contribution in [0.15, 0.2) is 30.3 Å². The van der Waals surface area contributed by atoms with E-state index in [1.807, 2.05) is 0 Å². The summed E-state index contributed by atoms with van der Waals surface area (Å²) < 4.78 is 5.13. The molecule has 1 heterocycles. The lowest BCUT2D eigenvalue weighted by molar-refractivity contribution is 0.102. The van der Waals surface area contributed by atoms with Crippen molar-refractivity contribution < 1.29 is 14.6 Å². The molecule has 0 atom stereocenters. The van der Waals surface area contributed by atoms with Gasteiger partial charge in [0.25, 0.3) is 5.91 Å². The van der Waals surface area contributed by atoms with Gasteiger partial charge < -0.3 is 20.5 Å². The molecule has 0 spiro atoms. The van der Waals surface area contributed by atoms with E-state index in [9.17, 15) is 9.90 Å². The highest BCUT2D eigenvalue weighted by molar-refractivity contribution is 6.33. The van der Waals surface area contributed by atoms with Crippen molar-refractivity contribution in [1.29, 1.82) is 0 Å². The van der Waals surface area contributed by atoms with Crippen molar-refractivity contribution in [2.45, 2.75) is 0 Å². The second-order valence-corrected chi connectivity index (χ2v) is 4.75. The molecule has 1 aliphatic rings. The molecule has 2 aromatic carbocycles. The van der Waals surface area contributed by atoms with Crippen molar-refractivity contribution in [2.24, 2.45) is 0 Å². The number of hydrogen-bond acceptors (Lipinski definition) is 4. The minimum Gasteiger partial charge on any atom is -0.506 e. The Hall–Kier alpha value is -2.40. The standard InChI is InChI=1S/C14H11ClN2O3/c1-20-7-2-3-10-12(4-7)17-14(19)8-5-9(15)13(18)6-11(8)16-10/h2-6,16,18H,1H3,(H,17,19). The second-order valence-electron chi connectivity index (χ2n) is 4.34. The molecule has 0 saturated heterocycles. The number of hydrogen-bond donors (Lipinski definition) is 3. The number of ether oxygens (including phenoxy) is 1. The number of halogens is 1. The van der Waals surface area contributed by atoms with Crippen LogP contribution < -0.4 is 15.4 Å². The summed E-state index contributed by atoms with van der Waals surface area (Å²) >= 11 is 5.85. The van der Waals surface area contributed by atoms with E-state index in [1.54, 1.807) is 25.3 Å². The number of anilines is 3. The molecule has 0 bridgehead atoms. The van der Waals surface area contributed by atoms with Gasteiger partial charge in [0.1, 0.15) is 11.5 Å². The molecule has 3 N–H and O–H groups in total. The molecular weight excluding hydrogens is 280 g/mol. The van der Waals surface area contributed by atoms with Gasteiger partial charge in [0.15, 0.2) is 0 Å². The van der Waals surface area contributed by atoms with Crippen LogP contribution in [-0.2, 0) is 0 Å². The quantitative estimate of drug-likeness (QED) is 0.753. The van der Waals surface area contributed by atoms with E-state index in [0.717, 1.165) is 0 Å². The van der Waals surface area contributed by atoms with Gasteiger partial charge in [-0.25, -0.2) is 0 Å². The van der Waals surface area contributed by atoms with Crippen LogP contribution in [0.3, 0.4) is 0 Å². The van der Waals surface area contributed by atoms with Gasteiger partial charge in [-0.05, 0) is 18.2 Å². The van der Waals surface area contributed by atoms with Crippen LogP contribution >= 0.6 is 11.6 Å². The average molecular weight is 291 g/mol. The molecule has 0 radical (unpaired) electrons. The van der Waals surface area contributed by atoms with Crippen molar-refractivity contribution in [1.82, 2.24) is 0 Å². The van der Waals surface area contributed by atoms with Crippen LogP contribution in [0.5, 0.6) is 11.5 Å². The third-order valence-electron chi connectivity index (χ3n) is 3.08. The number of fused-ring (bicyclic) bond motifs is 2. The van der Waals surface area contributed by atoms with Crippen LogP contribution in [0.1, 0.15) is 10.4 Å². The van der Waals surface area contributed by atoms with Crippen LogP contribution in [0.25, 0.3) is 0 Å². The maximum atomic E-state index is 12.2. The van der Waals surface area contributed by atoms with Gasteiger partial charge in [0.05, 0.1) is 34.8 Å². The Morgan fingerprint density at radius 3 is 2.65 bits per heavy atom. The molecule has 1 aliphatic heterocycles. The molecule has 102 valence electrons. The number of nitrogens with one attached hydrogen (secondary N) is 2. The number of methoxy groups -OCH3 is 1. The molecule has 20 heavy (non-hydrogen) atoms. The Labute approximate surface area is 120 Å². The van der Waals surface area contributed by atoms with E-state index >= 15 is 0 Å². The number of carbonyl (C=O) groups excluding carboxylic acids is 1. The molecule has 6 heteroatoms. The van der Waals surface area contributed by atoms with Gasteiger partial charge in [-0.3, -0.25) is 4.79 Å². The van der Waals surface area contributed by atoms with Crippen molar-refractivity contribution >= 4 is 34.6 Å². The lowest BCUT2D eigenvalue weighted by atomic mass is 10.1. The molecule has 0 aliphatic carbocycles. The van der Waals surface area contributed by atoms with E-state index in [-0.39, 0.29) is 16.7 Å². The molecule has 1 amide bonds. The fourth-order valence-electron chi connectivity index (χ4n) is 2.05. The van der Waals surface area contributed by atoms with Gasteiger partial charge in [-0.1, -0.05) is 11.6 Å². The van der Waals surface area contributed by atoms with E-state index in [2.05, 4.69) is 10.6 Å². The predicted molar refractivity (Wildman–Crippen MR) is 77.3 cm³/mol. The lowest BCUT2D eigenvalue weighted by Crippen LogP contribution is -2.10. The summed E-state index contributed by atoms with van der Waals surface area (Å²) in [5, 5.41) is 15.7. The Balaban J connectivity index is 2.13. The zero-order chi connectivity index (χ0) is 14.3. The van der Waals surface area contributed by atoms with Gasteiger partial charge in [0, 0.05) is 12.1 Å². The average Bonchev–Trinajstić information content (AvgIpc) is 2.56.